The van der Waals surface area contributed by atoms with E-state index in [1.165, 1.54) is 0 Å². The summed E-state index contributed by atoms with van der Waals surface area (Å²) in [6, 6.07) is 1.16. The summed E-state index contributed by atoms with van der Waals surface area (Å²) in [6.45, 7) is 2.91. The van der Waals surface area contributed by atoms with Crippen LogP contribution in [0.4, 0.5) is 0 Å². The highest BCUT2D eigenvalue weighted by Crippen LogP contribution is 2.48. The molecule has 154 valence electrons. The fraction of sp³-hybridized carbons (Fsp3) is 0.429. The Bertz CT molecular complexity index is 892. The van der Waals surface area contributed by atoms with Gasteiger partial charge in [-0.05, 0) is 37.5 Å². The first-order valence-electron chi connectivity index (χ1n) is 9.71. The van der Waals surface area contributed by atoms with Crippen molar-refractivity contribution >= 4 is 11.9 Å². The van der Waals surface area contributed by atoms with Gasteiger partial charge in [-0.2, -0.15) is 0 Å². The summed E-state index contributed by atoms with van der Waals surface area (Å²) < 4.78 is 21.6. The van der Waals surface area contributed by atoms with Gasteiger partial charge in [-0.1, -0.05) is 12.2 Å². The van der Waals surface area contributed by atoms with Gasteiger partial charge in [0, 0.05) is 12.1 Å². The van der Waals surface area contributed by atoms with Gasteiger partial charge in [0.1, 0.15) is 6.04 Å². The summed E-state index contributed by atoms with van der Waals surface area (Å²) >= 11 is 0. The zero-order valence-corrected chi connectivity index (χ0v) is 16.4. The number of nitrogens with one attached hydrogen (secondary N) is 2. The number of rotatable bonds is 5. The van der Waals surface area contributed by atoms with E-state index in [0.717, 1.165) is 17.5 Å². The molecule has 4 rings (SSSR count). The number of amides is 1. The van der Waals surface area contributed by atoms with E-state index in [1.807, 2.05) is 12.1 Å². The van der Waals surface area contributed by atoms with Crippen LogP contribution in [0.5, 0.6) is 17.2 Å². The molecule has 0 bridgehead atoms. The fourth-order valence-electron chi connectivity index (χ4n) is 3.84. The number of methoxy groups -OCH3 is 1. The molecule has 0 saturated carbocycles. The minimum Gasteiger partial charge on any atom is -0.492 e. The second-order valence-electron chi connectivity index (χ2n) is 6.94. The van der Waals surface area contributed by atoms with Gasteiger partial charge in [-0.25, -0.2) is 4.79 Å². The third kappa shape index (κ3) is 3.67. The number of hydrogen-bond donors (Lipinski definition) is 2. The lowest BCUT2D eigenvalue weighted by molar-refractivity contribution is -0.138. The summed E-state index contributed by atoms with van der Waals surface area (Å²) in [6.07, 6.45) is 6.57. The van der Waals surface area contributed by atoms with Gasteiger partial charge in [-0.3, -0.25) is 4.79 Å². The highest BCUT2D eigenvalue weighted by Gasteiger charge is 2.35. The summed E-state index contributed by atoms with van der Waals surface area (Å²) in [5.41, 5.74) is 2.30. The van der Waals surface area contributed by atoms with E-state index in [4.69, 9.17) is 18.9 Å². The molecule has 29 heavy (non-hydrogen) atoms. The monoisotopic (exact) mass is 400 g/mol. The second-order valence-corrected chi connectivity index (χ2v) is 6.94. The summed E-state index contributed by atoms with van der Waals surface area (Å²) in [7, 11) is 1.56. The first-order chi connectivity index (χ1) is 14.1. The molecular formula is C21H24N2O6. The van der Waals surface area contributed by atoms with Crippen LogP contribution in [-0.2, 0) is 20.7 Å². The Labute approximate surface area is 168 Å². The number of carbonyl (C=O) groups is 2. The molecule has 8 heteroatoms. The van der Waals surface area contributed by atoms with Crippen LogP contribution >= 0.6 is 0 Å². The molecular weight excluding hydrogens is 376 g/mol. The van der Waals surface area contributed by atoms with E-state index in [9.17, 15) is 9.59 Å². The molecule has 1 aromatic carbocycles. The van der Waals surface area contributed by atoms with Crippen LogP contribution in [0.1, 0.15) is 30.5 Å². The van der Waals surface area contributed by atoms with Crippen LogP contribution in [0.25, 0.3) is 0 Å². The lowest BCUT2D eigenvalue weighted by atomic mass is 9.91. The SMILES string of the molecule is CCOC(=O)C1=CCC(NC(=O)C2NCCc3cc4c(c(OC)c32)OCO4)C=C1. The lowest BCUT2D eigenvalue weighted by Crippen LogP contribution is -2.45. The van der Waals surface area contributed by atoms with E-state index in [2.05, 4.69) is 10.6 Å². The van der Waals surface area contributed by atoms with Gasteiger partial charge in [0.05, 0.1) is 25.3 Å². The van der Waals surface area contributed by atoms with Gasteiger partial charge >= 0.3 is 5.97 Å². The standard InChI is InChI=1S/C21H24N2O6/c1-3-27-21(25)12-4-6-14(7-5-12)23-20(24)17-16-13(8-9-22-17)10-15-18(19(16)26-2)29-11-28-15/h4-6,10,14,17,22H,3,7-9,11H2,1-2H3,(H,23,24). The molecule has 1 aromatic rings. The van der Waals surface area contributed by atoms with Gasteiger partial charge in [0.2, 0.25) is 18.4 Å². The van der Waals surface area contributed by atoms with Crippen molar-refractivity contribution in [1.82, 2.24) is 10.6 Å². The van der Waals surface area contributed by atoms with Crippen LogP contribution in [-0.4, -0.2) is 45.0 Å². The Morgan fingerprint density at radius 2 is 2.21 bits per heavy atom. The topological polar surface area (TPSA) is 95.1 Å². The van der Waals surface area contributed by atoms with Crippen molar-refractivity contribution in [3.8, 4) is 17.2 Å². The van der Waals surface area contributed by atoms with Gasteiger partial charge in [-0.15, -0.1) is 0 Å². The number of carbonyl (C=O) groups excluding carboxylic acids is 2. The minimum absolute atomic E-state index is 0.140. The van der Waals surface area contributed by atoms with Crippen LogP contribution in [0.3, 0.4) is 0 Å². The third-order valence-corrected chi connectivity index (χ3v) is 5.18. The number of ether oxygens (including phenoxy) is 4. The van der Waals surface area contributed by atoms with E-state index in [1.54, 1.807) is 26.2 Å². The Kier molecular flexibility index (Phi) is 5.44. The number of fused-ring (bicyclic) bond motifs is 2. The maximum Gasteiger partial charge on any atom is 0.337 e. The van der Waals surface area contributed by atoms with E-state index in [-0.39, 0.29) is 24.7 Å². The zero-order valence-electron chi connectivity index (χ0n) is 16.4. The van der Waals surface area contributed by atoms with Crippen LogP contribution < -0.4 is 24.8 Å². The third-order valence-electron chi connectivity index (χ3n) is 5.18. The first-order valence-corrected chi connectivity index (χ1v) is 9.71. The molecule has 0 fully saturated rings. The quantitative estimate of drug-likeness (QED) is 0.724. The zero-order chi connectivity index (χ0) is 20.4. The Balaban J connectivity index is 1.51. The Morgan fingerprint density at radius 1 is 1.34 bits per heavy atom. The normalized spacial score (nSPS) is 21.8. The first kappa shape index (κ1) is 19.3. The molecule has 0 radical (unpaired) electrons. The lowest BCUT2D eigenvalue weighted by Gasteiger charge is -2.29. The molecule has 8 nitrogen and oxygen atoms in total. The predicted octanol–water partition coefficient (Wildman–Crippen LogP) is 1.54. The van der Waals surface area contributed by atoms with Crippen LogP contribution in [0, 0.1) is 0 Å². The van der Waals surface area contributed by atoms with Crippen LogP contribution in [0.15, 0.2) is 29.9 Å². The van der Waals surface area contributed by atoms with Crippen molar-refractivity contribution in [2.24, 2.45) is 0 Å². The molecule has 0 saturated heterocycles. The van der Waals surface area contributed by atoms with Gasteiger partial charge in [0.25, 0.3) is 0 Å². The predicted molar refractivity (Wildman–Crippen MR) is 104 cm³/mol. The molecule has 1 amide bonds. The molecule has 2 heterocycles. The van der Waals surface area contributed by atoms with Crippen molar-refractivity contribution in [3.05, 3.63) is 41.0 Å². The van der Waals surface area contributed by atoms with E-state index in [0.29, 0.717) is 42.4 Å². The van der Waals surface area contributed by atoms with Crippen molar-refractivity contribution in [2.45, 2.75) is 31.8 Å². The second kappa shape index (κ2) is 8.16. The number of benzene rings is 1. The molecule has 1 aliphatic carbocycles. The average Bonchev–Trinajstić information content (AvgIpc) is 3.20. The maximum absolute atomic E-state index is 13.1. The molecule has 3 aliphatic rings. The van der Waals surface area contributed by atoms with Crippen molar-refractivity contribution in [1.29, 1.82) is 0 Å². The fourth-order valence-corrected chi connectivity index (χ4v) is 3.84. The highest BCUT2D eigenvalue weighted by atomic mass is 16.7. The van der Waals surface area contributed by atoms with E-state index < -0.39 is 6.04 Å². The Hall–Kier alpha value is -3.00. The number of esters is 1. The van der Waals surface area contributed by atoms with Gasteiger partial charge in [0.15, 0.2) is 11.5 Å². The van der Waals surface area contributed by atoms with Crippen molar-refractivity contribution in [3.63, 3.8) is 0 Å². The van der Waals surface area contributed by atoms with Crippen LogP contribution in [0.2, 0.25) is 0 Å². The maximum atomic E-state index is 13.1. The Morgan fingerprint density at radius 3 is 2.93 bits per heavy atom. The van der Waals surface area contributed by atoms with Gasteiger partial charge < -0.3 is 29.6 Å². The molecule has 0 aromatic heterocycles. The smallest absolute Gasteiger partial charge is 0.337 e. The molecule has 2 N–H and O–H groups in total. The summed E-state index contributed by atoms with van der Waals surface area (Å²) in [5.74, 6) is 1.20. The molecule has 2 atom stereocenters. The average molecular weight is 400 g/mol. The van der Waals surface area contributed by atoms with Crippen molar-refractivity contribution in [2.75, 3.05) is 27.1 Å². The minimum atomic E-state index is -0.563. The molecule has 2 unspecified atom stereocenters. The summed E-state index contributed by atoms with van der Waals surface area (Å²) in [5, 5.41) is 6.30. The van der Waals surface area contributed by atoms with E-state index >= 15 is 0 Å². The molecule has 2 aliphatic heterocycles. The molecule has 0 spiro atoms. The highest BCUT2D eigenvalue weighted by molar-refractivity contribution is 5.92. The largest absolute Gasteiger partial charge is 0.492 e. The number of hydrogen-bond acceptors (Lipinski definition) is 7. The summed E-state index contributed by atoms with van der Waals surface area (Å²) in [4.78, 5) is 24.9. The van der Waals surface area contributed by atoms with Crippen molar-refractivity contribution < 1.29 is 28.5 Å².